The lowest BCUT2D eigenvalue weighted by Crippen LogP contribution is -2.36. The van der Waals surface area contributed by atoms with E-state index >= 15 is 0 Å². The van der Waals surface area contributed by atoms with Gasteiger partial charge in [0, 0.05) is 30.2 Å². The molecule has 4 nitrogen and oxygen atoms in total. The molecule has 0 aromatic carbocycles. The molecule has 0 bridgehead atoms. The van der Waals surface area contributed by atoms with Gasteiger partial charge in [0.05, 0.1) is 5.75 Å². The number of rotatable bonds is 8. The zero-order valence-electron chi connectivity index (χ0n) is 11.4. The van der Waals surface area contributed by atoms with Crippen LogP contribution in [-0.2, 0) is 16.4 Å². The highest BCUT2D eigenvalue weighted by atomic mass is 79.9. The highest BCUT2D eigenvalue weighted by Crippen LogP contribution is 2.20. The lowest BCUT2D eigenvalue weighted by Gasteiger charge is -2.23. The average molecular weight is 349 g/mol. The number of hydrogen-bond donors (Lipinski definition) is 1. The fraction of sp³-hybridized carbons (Fsp3) is 0.615. The van der Waals surface area contributed by atoms with E-state index < -0.39 is 10.0 Å². The van der Waals surface area contributed by atoms with Gasteiger partial charge in [0.2, 0.25) is 10.0 Å². The molecule has 0 radical (unpaired) electrons. The number of aromatic nitrogens is 1. The molecule has 0 amide bonds. The van der Waals surface area contributed by atoms with Crippen molar-refractivity contribution in [2.75, 3.05) is 17.6 Å². The first-order chi connectivity index (χ1) is 8.85. The molecule has 19 heavy (non-hydrogen) atoms. The number of hydrogen-bond acceptors (Lipinski definition) is 3. The van der Waals surface area contributed by atoms with E-state index in [1.165, 1.54) is 0 Å². The maximum absolute atomic E-state index is 11.9. The van der Waals surface area contributed by atoms with Crippen LogP contribution < -0.4 is 4.72 Å². The molecule has 0 saturated heterocycles. The van der Waals surface area contributed by atoms with Gasteiger partial charge in [0.15, 0.2) is 0 Å². The Kier molecular flexibility index (Phi) is 6.42. The molecule has 6 heteroatoms. The van der Waals surface area contributed by atoms with Crippen LogP contribution in [0.1, 0.15) is 26.0 Å². The monoisotopic (exact) mass is 348 g/mol. The summed E-state index contributed by atoms with van der Waals surface area (Å²) in [4.78, 5) is 4.12. The molecule has 1 aromatic rings. The van der Waals surface area contributed by atoms with E-state index in [0.717, 1.165) is 17.4 Å². The molecule has 0 saturated carbocycles. The fourth-order valence-electron chi connectivity index (χ4n) is 1.51. The van der Waals surface area contributed by atoms with Gasteiger partial charge in [-0.2, -0.15) is 0 Å². The predicted octanol–water partition coefficient (Wildman–Crippen LogP) is 2.35. The van der Waals surface area contributed by atoms with Gasteiger partial charge in [0.25, 0.3) is 0 Å². The molecule has 1 aromatic heterocycles. The van der Waals surface area contributed by atoms with Gasteiger partial charge in [-0.05, 0) is 24.0 Å². The van der Waals surface area contributed by atoms with Gasteiger partial charge in [-0.25, -0.2) is 13.1 Å². The molecule has 0 fully saturated rings. The predicted molar refractivity (Wildman–Crippen MR) is 81.9 cm³/mol. The van der Waals surface area contributed by atoms with Crippen molar-refractivity contribution in [2.24, 2.45) is 5.41 Å². The van der Waals surface area contributed by atoms with Crippen LogP contribution in [0.3, 0.4) is 0 Å². The summed E-state index contributed by atoms with van der Waals surface area (Å²) < 4.78 is 26.5. The van der Waals surface area contributed by atoms with E-state index in [-0.39, 0.29) is 11.2 Å². The minimum Gasteiger partial charge on any atom is -0.261 e. The largest absolute Gasteiger partial charge is 0.261 e. The van der Waals surface area contributed by atoms with E-state index in [1.807, 2.05) is 18.2 Å². The summed E-state index contributed by atoms with van der Waals surface area (Å²) in [6.07, 6.45) is 3.04. The zero-order valence-corrected chi connectivity index (χ0v) is 13.8. The highest BCUT2D eigenvalue weighted by molar-refractivity contribution is 9.09. The summed E-state index contributed by atoms with van der Waals surface area (Å²) in [5.41, 5.74) is 0.759. The van der Waals surface area contributed by atoms with Gasteiger partial charge >= 0.3 is 0 Å². The molecular weight excluding hydrogens is 328 g/mol. The van der Waals surface area contributed by atoms with Gasteiger partial charge < -0.3 is 0 Å². The second kappa shape index (κ2) is 7.36. The Morgan fingerprint density at radius 2 is 2.11 bits per heavy atom. The Morgan fingerprint density at radius 3 is 2.68 bits per heavy atom. The number of sulfonamides is 1. The minimum absolute atomic E-state index is 0.0401. The van der Waals surface area contributed by atoms with Crippen molar-refractivity contribution in [2.45, 2.75) is 26.7 Å². The van der Waals surface area contributed by atoms with Crippen LogP contribution in [-0.4, -0.2) is 31.0 Å². The van der Waals surface area contributed by atoms with Crippen LogP contribution in [0.15, 0.2) is 24.4 Å². The maximum atomic E-state index is 11.9. The second-order valence-corrected chi connectivity index (χ2v) is 8.03. The topological polar surface area (TPSA) is 59.1 Å². The van der Waals surface area contributed by atoms with Gasteiger partial charge in [-0.3, -0.25) is 4.98 Å². The highest BCUT2D eigenvalue weighted by Gasteiger charge is 2.20. The molecule has 0 unspecified atom stereocenters. The Hall–Kier alpha value is -0.460. The van der Waals surface area contributed by atoms with Crippen molar-refractivity contribution in [3.05, 3.63) is 30.1 Å². The number of halogens is 1. The smallest absolute Gasteiger partial charge is 0.211 e. The maximum Gasteiger partial charge on any atom is 0.211 e. The quantitative estimate of drug-likeness (QED) is 0.733. The standard InChI is InChI=1S/C13H21BrN2O2S/c1-13(2,7-8-14)11-16-19(17,18)10-6-12-5-3-4-9-15-12/h3-5,9,16H,6-8,10-11H2,1-2H3. The lowest BCUT2D eigenvalue weighted by molar-refractivity contribution is 0.354. The van der Waals surface area contributed by atoms with Crippen molar-refractivity contribution in [3.8, 4) is 0 Å². The summed E-state index contributed by atoms with van der Waals surface area (Å²) in [5.74, 6) is 0.0778. The lowest BCUT2D eigenvalue weighted by atomic mass is 9.91. The molecule has 0 spiro atoms. The first kappa shape index (κ1) is 16.6. The third-order valence-electron chi connectivity index (χ3n) is 2.89. The first-order valence-corrected chi connectivity index (χ1v) is 9.05. The van der Waals surface area contributed by atoms with E-state index in [4.69, 9.17) is 0 Å². The summed E-state index contributed by atoms with van der Waals surface area (Å²) >= 11 is 3.38. The number of alkyl halides is 1. The van der Waals surface area contributed by atoms with Crippen LogP contribution >= 0.6 is 15.9 Å². The van der Waals surface area contributed by atoms with E-state index in [9.17, 15) is 8.42 Å². The number of nitrogens with zero attached hydrogens (tertiary/aromatic N) is 1. The normalized spacial score (nSPS) is 12.6. The summed E-state index contributed by atoms with van der Waals surface area (Å²) in [6.45, 7) is 4.56. The molecule has 0 aliphatic carbocycles. The Labute approximate surface area is 124 Å². The molecule has 0 aliphatic rings. The number of pyridine rings is 1. The zero-order chi connectivity index (χ0) is 14.4. The third kappa shape index (κ3) is 7.03. The molecule has 108 valence electrons. The molecular formula is C13H21BrN2O2S. The molecule has 1 N–H and O–H groups in total. The van der Waals surface area contributed by atoms with Crippen molar-refractivity contribution >= 4 is 26.0 Å². The summed E-state index contributed by atoms with van der Waals surface area (Å²) in [5, 5.41) is 0.871. The fourth-order valence-corrected chi connectivity index (χ4v) is 3.81. The second-order valence-electron chi connectivity index (χ2n) is 5.31. The number of nitrogens with one attached hydrogen (secondary N) is 1. The van der Waals surface area contributed by atoms with Crippen molar-refractivity contribution in [1.29, 1.82) is 0 Å². The third-order valence-corrected chi connectivity index (χ3v) is 4.62. The molecule has 1 rings (SSSR count). The Balaban J connectivity index is 2.44. The molecule has 0 aliphatic heterocycles. The van der Waals surface area contributed by atoms with Gasteiger partial charge in [0.1, 0.15) is 0 Å². The average Bonchev–Trinajstić information content (AvgIpc) is 2.36. The van der Waals surface area contributed by atoms with Gasteiger partial charge in [-0.15, -0.1) is 0 Å². The Morgan fingerprint density at radius 1 is 1.37 bits per heavy atom. The Bertz CT molecular complexity index is 475. The van der Waals surface area contributed by atoms with Crippen LogP contribution in [0.5, 0.6) is 0 Å². The summed E-state index contributed by atoms with van der Waals surface area (Å²) in [6, 6.07) is 5.52. The van der Waals surface area contributed by atoms with Crippen LogP contribution in [0.25, 0.3) is 0 Å². The molecule has 0 atom stereocenters. The molecule has 1 heterocycles. The SMILES string of the molecule is CC(C)(CCBr)CNS(=O)(=O)CCc1ccccn1. The van der Waals surface area contributed by atoms with E-state index in [0.29, 0.717) is 13.0 Å². The minimum atomic E-state index is -3.24. The van der Waals surface area contributed by atoms with Gasteiger partial charge in [-0.1, -0.05) is 35.8 Å². The van der Waals surface area contributed by atoms with Crippen LogP contribution in [0.2, 0.25) is 0 Å². The van der Waals surface area contributed by atoms with Crippen molar-refractivity contribution in [1.82, 2.24) is 9.71 Å². The number of aryl methyl sites for hydroxylation is 1. The van der Waals surface area contributed by atoms with Crippen LogP contribution in [0, 0.1) is 5.41 Å². The first-order valence-electron chi connectivity index (χ1n) is 6.28. The summed E-state index contributed by atoms with van der Waals surface area (Å²) in [7, 11) is -3.24. The van der Waals surface area contributed by atoms with Crippen molar-refractivity contribution in [3.63, 3.8) is 0 Å². The van der Waals surface area contributed by atoms with E-state index in [1.54, 1.807) is 6.20 Å². The van der Waals surface area contributed by atoms with E-state index in [2.05, 4.69) is 39.5 Å². The van der Waals surface area contributed by atoms with Crippen molar-refractivity contribution < 1.29 is 8.42 Å². The van der Waals surface area contributed by atoms with Crippen LogP contribution in [0.4, 0.5) is 0 Å².